The van der Waals surface area contributed by atoms with Crippen LogP contribution in [0.3, 0.4) is 0 Å². The van der Waals surface area contributed by atoms with E-state index in [9.17, 15) is 0 Å². The summed E-state index contributed by atoms with van der Waals surface area (Å²) in [6.07, 6.45) is 23.5. The Morgan fingerprint density at radius 3 is 1.64 bits per heavy atom. The van der Waals surface area contributed by atoms with Gasteiger partial charge in [-0.25, -0.2) is 0 Å². The Morgan fingerprint density at radius 1 is 0.682 bits per heavy atom. The zero-order valence-electron chi connectivity index (χ0n) is 14.5. The van der Waals surface area contributed by atoms with Gasteiger partial charge in [0.1, 0.15) is 0 Å². The Hall–Kier alpha value is -1.22. The fraction of sp³-hybridized carbons (Fsp3) is 0.636. The summed E-state index contributed by atoms with van der Waals surface area (Å²) < 4.78 is 0. The summed E-state index contributed by atoms with van der Waals surface area (Å²) in [7, 11) is 0. The van der Waals surface area contributed by atoms with Gasteiger partial charge in [0.2, 0.25) is 0 Å². The molecule has 0 spiro atoms. The first kappa shape index (κ1) is 18.8. The van der Waals surface area contributed by atoms with E-state index in [1.165, 1.54) is 75.3 Å². The van der Waals surface area contributed by atoms with E-state index in [0.717, 1.165) is 19.3 Å². The Kier molecular flexibility index (Phi) is 11.5. The van der Waals surface area contributed by atoms with Crippen LogP contribution < -0.4 is 0 Å². The van der Waals surface area contributed by atoms with Gasteiger partial charge >= 0.3 is 0 Å². The molecule has 0 N–H and O–H groups in total. The summed E-state index contributed by atoms with van der Waals surface area (Å²) >= 11 is 0. The SMILES string of the molecule is [C]#CCCCCc1ccc(CCCCCCCCCC)cc1. The molecular weight excluding hydrogens is 264 g/mol. The molecule has 1 aromatic carbocycles. The molecular formula is C22H33. The topological polar surface area (TPSA) is 0 Å². The van der Waals surface area contributed by atoms with Gasteiger partial charge in [-0.1, -0.05) is 82.1 Å². The molecule has 0 fully saturated rings. The van der Waals surface area contributed by atoms with E-state index in [1.807, 2.05) is 0 Å². The van der Waals surface area contributed by atoms with Crippen molar-refractivity contribution < 1.29 is 0 Å². The zero-order chi connectivity index (χ0) is 15.9. The van der Waals surface area contributed by atoms with Crippen molar-refractivity contribution in [2.24, 2.45) is 0 Å². The van der Waals surface area contributed by atoms with Crippen LogP contribution >= 0.6 is 0 Å². The second kappa shape index (κ2) is 13.4. The Morgan fingerprint density at radius 2 is 1.14 bits per heavy atom. The Bertz CT molecular complexity index is 393. The lowest BCUT2D eigenvalue weighted by Crippen LogP contribution is -1.89. The number of hydrogen-bond donors (Lipinski definition) is 0. The molecule has 0 bridgehead atoms. The van der Waals surface area contributed by atoms with Crippen LogP contribution in [0, 0.1) is 12.3 Å². The van der Waals surface area contributed by atoms with E-state index >= 15 is 0 Å². The lowest BCUT2D eigenvalue weighted by Gasteiger charge is -2.05. The third-order valence-electron chi connectivity index (χ3n) is 4.36. The standard InChI is InChI=1S/C22H33/c1-3-5-7-9-10-11-12-14-16-22-19-17-21(18-20-22)15-13-8-6-4-2/h17-20H,3,5-16H2,1H3. The van der Waals surface area contributed by atoms with Crippen molar-refractivity contribution in [3.63, 3.8) is 0 Å². The van der Waals surface area contributed by atoms with Gasteiger partial charge in [0.25, 0.3) is 0 Å². The predicted octanol–water partition coefficient (Wildman–Crippen LogP) is 6.67. The molecule has 1 aromatic rings. The first-order valence-corrected chi connectivity index (χ1v) is 9.34. The smallest absolute Gasteiger partial charge is 0.00990 e. The monoisotopic (exact) mass is 297 g/mol. The van der Waals surface area contributed by atoms with E-state index in [2.05, 4.69) is 37.1 Å². The Labute approximate surface area is 138 Å². The van der Waals surface area contributed by atoms with Crippen LogP contribution in [-0.4, -0.2) is 0 Å². The molecule has 0 saturated heterocycles. The van der Waals surface area contributed by atoms with Crippen LogP contribution in [-0.2, 0) is 12.8 Å². The van der Waals surface area contributed by atoms with E-state index in [1.54, 1.807) is 0 Å². The van der Waals surface area contributed by atoms with E-state index in [4.69, 9.17) is 6.42 Å². The molecule has 1 rings (SSSR count). The highest BCUT2D eigenvalue weighted by molar-refractivity contribution is 5.22. The number of unbranched alkanes of at least 4 members (excludes halogenated alkanes) is 9. The van der Waals surface area contributed by atoms with Crippen molar-refractivity contribution >= 4 is 0 Å². The minimum absolute atomic E-state index is 0.802. The van der Waals surface area contributed by atoms with Gasteiger partial charge in [0, 0.05) is 6.42 Å². The van der Waals surface area contributed by atoms with Crippen molar-refractivity contribution in [1.82, 2.24) is 0 Å². The molecule has 0 aliphatic heterocycles. The van der Waals surface area contributed by atoms with Crippen LogP contribution in [0.5, 0.6) is 0 Å². The molecule has 0 heteroatoms. The van der Waals surface area contributed by atoms with Crippen LogP contribution in [0.1, 0.15) is 88.7 Å². The number of benzene rings is 1. The molecule has 0 saturated carbocycles. The fourth-order valence-corrected chi connectivity index (χ4v) is 2.88. The van der Waals surface area contributed by atoms with Crippen LogP contribution in [0.25, 0.3) is 0 Å². The molecule has 1 radical (unpaired) electrons. The second-order valence-corrected chi connectivity index (χ2v) is 6.43. The van der Waals surface area contributed by atoms with Crippen molar-refractivity contribution in [2.45, 2.75) is 90.4 Å². The number of rotatable bonds is 13. The van der Waals surface area contributed by atoms with Crippen molar-refractivity contribution in [1.29, 1.82) is 0 Å². The molecule has 0 unspecified atom stereocenters. The predicted molar refractivity (Wildman–Crippen MR) is 97.4 cm³/mol. The lowest BCUT2D eigenvalue weighted by molar-refractivity contribution is 0.575. The highest BCUT2D eigenvalue weighted by Crippen LogP contribution is 2.13. The quantitative estimate of drug-likeness (QED) is 0.281. The second-order valence-electron chi connectivity index (χ2n) is 6.43. The molecule has 121 valence electrons. The van der Waals surface area contributed by atoms with Gasteiger partial charge in [-0.15, -0.1) is 0 Å². The van der Waals surface area contributed by atoms with Crippen LogP contribution in [0.15, 0.2) is 24.3 Å². The summed E-state index contributed by atoms with van der Waals surface area (Å²) in [5, 5.41) is 0. The maximum atomic E-state index is 6.90. The van der Waals surface area contributed by atoms with Crippen molar-refractivity contribution in [3.05, 3.63) is 41.8 Å². The van der Waals surface area contributed by atoms with Gasteiger partial charge in [-0.3, -0.25) is 0 Å². The maximum Gasteiger partial charge on any atom is 0.00990 e. The Balaban J connectivity index is 2.05. The average Bonchev–Trinajstić information content (AvgIpc) is 2.55. The third-order valence-corrected chi connectivity index (χ3v) is 4.36. The normalized spacial score (nSPS) is 10.5. The first-order valence-electron chi connectivity index (χ1n) is 9.34. The maximum absolute atomic E-state index is 6.90. The third kappa shape index (κ3) is 9.67. The van der Waals surface area contributed by atoms with Gasteiger partial charge < -0.3 is 0 Å². The first-order chi connectivity index (χ1) is 10.9. The average molecular weight is 298 g/mol. The minimum atomic E-state index is 0.802. The molecule has 0 atom stereocenters. The fourth-order valence-electron chi connectivity index (χ4n) is 2.88. The van der Waals surface area contributed by atoms with E-state index in [0.29, 0.717) is 0 Å². The summed E-state index contributed by atoms with van der Waals surface area (Å²) in [6.45, 7) is 2.28. The van der Waals surface area contributed by atoms with Gasteiger partial charge in [-0.2, -0.15) is 0 Å². The minimum Gasteiger partial charge on any atom is -0.0891 e. The summed E-state index contributed by atoms with van der Waals surface area (Å²) in [4.78, 5) is 0. The molecule has 0 amide bonds. The molecule has 0 aliphatic carbocycles. The molecule has 0 nitrogen and oxygen atoms in total. The lowest BCUT2D eigenvalue weighted by atomic mass is 10.0. The van der Waals surface area contributed by atoms with Crippen molar-refractivity contribution in [3.8, 4) is 5.92 Å². The molecule has 0 aromatic heterocycles. The zero-order valence-corrected chi connectivity index (χ0v) is 14.5. The largest absolute Gasteiger partial charge is 0.0891 e. The highest BCUT2D eigenvalue weighted by Gasteiger charge is 1.97. The number of hydrogen-bond acceptors (Lipinski definition) is 0. The van der Waals surface area contributed by atoms with Gasteiger partial charge in [0.15, 0.2) is 0 Å². The van der Waals surface area contributed by atoms with Crippen molar-refractivity contribution in [2.75, 3.05) is 0 Å². The van der Waals surface area contributed by atoms with Gasteiger partial charge in [0.05, 0.1) is 0 Å². The summed E-state index contributed by atoms with van der Waals surface area (Å²) in [6, 6.07) is 9.18. The van der Waals surface area contributed by atoms with Crippen LogP contribution in [0.2, 0.25) is 0 Å². The van der Waals surface area contributed by atoms with Gasteiger partial charge in [-0.05, 0) is 49.7 Å². The number of aryl methyl sites for hydroxylation is 2. The summed E-state index contributed by atoms with van der Waals surface area (Å²) in [5.41, 5.74) is 2.92. The molecule has 22 heavy (non-hydrogen) atoms. The molecule has 0 heterocycles. The van der Waals surface area contributed by atoms with E-state index in [-0.39, 0.29) is 0 Å². The van der Waals surface area contributed by atoms with E-state index < -0.39 is 0 Å². The highest BCUT2D eigenvalue weighted by atomic mass is 14.0. The molecule has 0 aliphatic rings. The summed E-state index contributed by atoms with van der Waals surface area (Å²) in [5.74, 6) is 2.46. The van der Waals surface area contributed by atoms with Crippen LogP contribution in [0.4, 0.5) is 0 Å².